The number of anilines is 1. The molecule has 18 heavy (non-hydrogen) atoms. The largest absolute Gasteiger partial charge is 0.399 e. The van der Waals surface area contributed by atoms with Gasteiger partial charge in [-0.1, -0.05) is 0 Å². The van der Waals surface area contributed by atoms with Crippen molar-refractivity contribution >= 4 is 11.6 Å². The van der Waals surface area contributed by atoms with Gasteiger partial charge >= 0.3 is 0 Å². The van der Waals surface area contributed by atoms with Crippen LogP contribution in [0.5, 0.6) is 0 Å². The minimum absolute atomic E-state index is 0.00666. The summed E-state index contributed by atoms with van der Waals surface area (Å²) in [4.78, 5) is 13.3. The van der Waals surface area contributed by atoms with Crippen molar-refractivity contribution in [1.82, 2.24) is 4.90 Å². The van der Waals surface area contributed by atoms with Crippen molar-refractivity contribution in [1.29, 1.82) is 0 Å². The summed E-state index contributed by atoms with van der Waals surface area (Å²) in [5.74, 6) is -1.19. The zero-order valence-electron chi connectivity index (χ0n) is 9.93. The zero-order valence-corrected chi connectivity index (χ0v) is 9.93. The van der Waals surface area contributed by atoms with Gasteiger partial charge in [-0.25, -0.2) is 4.39 Å². The molecule has 2 atom stereocenters. The molecular formula is C12H15FN2O3. The average Bonchev–Trinajstić information content (AvgIpc) is 2.63. The predicted octanol–water partition coefficient (Wildman–Crippen LogP) is -0.106. The maximum absolute atomic E-state index is 13.9. The molecule has 0 aliphatic carbocycles. The van der Waals surface area contributed by atoms with Crippen LogP contribution in [0.25, 0.3) is 0 Å². The summed E-state index contributed by atoms with van der Waals surface area (Å²) >= 11 is 0. The maximum atomic E-state index is 13.9. The fourth-order valence-electron chi connectivity index (χ4n) is 2.06. The van der Waals surface area contributed by atoms with Crippen molar-refractivity contribution in [2.75, 3.05) is 18.8 Å². The van der Waals surface area contributed by atoms with Gasteiger partial charge in [0.05, 0.1) is 17.8 Å². The number of nitrogens with two attached hydrogens (primary N) is 1. The SMILES string of the molecule is Cc1cc(N)cc(C(=O)N2CC(O)C(O)C2)c1F. The van der Waals surface area contributed by atoms with Crippen LogP contribution < -0.4 is 5.73 Å². The summed E-state index contributed by atoms with van der Waals surface area (Å²) in [7, 11) is 0. The van der Waals surface area contributed by atoms with E-state index in [0.29, 0.717) is 11.3 Å². The van der Waals surface area contributed by atoms with E-state index in [4.69, 9.17) is 5.73 Å². The highest BCUT2D eigenvalue weighted by atomic mass is 19.1. The molecule has 6 heteroatoms. The number of likely N-dealkylation sites (tertiary alicyclic amines) is 1. The summed E-state index contributed by atoms with van der Waals surface area (Å²) in [5, 5.41) is 18.8. The highest BCUT2D eigenvalue weighted by Crippen LogP contribution is 2.21. The van der Waals surface area contributed by atoms with Crippen molar-refractivity contribution in [3.05, 3.63) is 29.1 Å². The lowest BCUT2D eigenvalue weighted by molar-refractivity contribution is 0.0572. The summed E-state index contributed by atoms with van der Waals surface area (Å²) in [6, 6.07) is 2.71. The highest BCUT2D eigenvalue weighted by molar-refractivity contribution is 5.95. The van der Waals surface area contributed by atoms with Crippen molar-refractivity contribution in [2.24, 2.45) is 0 Å². The summed E-state index contributed by atoms with van der Waals surface area (Å²) in [5.41, 5.74) is 6.05. The average molecular weight is 254 g/mol. The Hall–Kier alpha value is -1.66. The summed E-state index contributed by atoms with van der Waals surface area (Å²) < 4.78 is 13.9. The van der Waals surface area contributed by atoms with Crippen LogP contribution in [-0.2, 0) is 0 Å². The molecule has 2 unspecified atom stereocenters. The molecule has 1 aliphatic heterocycles. The van der Waals surface area contributed by atoms with Crippen LogP contribution in [0.1, 0.15) is 15.9 Å². The smallest absolute Gasteiger partial charge is 0.257 e. The van der Waals surface area contributed by atoms with Crippen LogP contribution >= 0.6 is 0 Å². The third-order valence-corrected chi connectivity index (χ3v) is 3.05. The van der Waals surface area contributed by atoms with Gasteiger partial charge in [0.2, 0.25) is 0 Å². The Labute approximate surface area is 104 Å². The zero-order chi connectivity index (χ0) is 13.4. The normalized spacial score (nSPS) is 23.4. The number of benzene rings is 1. The quantitative estimate of drug-likeness (QED) is 0.610. The predicted molar refractivity (Wildman–Crippen MR) is 63.5 cm³/mol. The number of nitrogens with zero attached hydrogens (tertiary/aromatic N) is 1. The Morgan fingerprint density at radius 1 is 1.39 bits per heavy atom. The number of β-amino-alcohol motifs (C(OH)–C–C–N with tert-alkyl or cyclic N) is 2. The molecule has 98 valence electrons. The maximum Gasteiger partial charge on any atom is 0.257 e. The Morgan fingerprint density at radius 2 is 1.94 bits per heavy atom. The van der Waals surface area contributed by atoms with E-state index in [2.05, 4.69) is 0 Å². The molecule has 1 aromatic carbocycles. The van der Waals surface area contributed by atoms with Crippen LogP contribution in [0.15, 0.2) is 12.1 Å². The van der Waals surface area contributed by atoms with E-state index in [1.807, 2.05) is 0 Å². The van der Waals surface area contributed by atoms with Crippen molar-refractivity contribution in [3.8, 4) is 0 Å². The topological polar surface area (TPSA) is 86.8 Å². The van der Waals surface area contributed by atoms with Gasteiger partial charge in [0.1, 0.15) is 5.82 Å². The van der Waals surface area contributed by atoms with E-state index in [1.165, 1.54) is 24.0 Å². The lowest BCUT2D eigenvalue weighted by Crippen LogP contribution is -2.30. The van der Waals surface area contributed by atoms with Crippen LogP contribution in [-0.4, -0.2) is 46.3 Å². The third kappa shape index (κ3) is 2.16. The number of rotatable bonds is 1. The number of hydrogen-bond donors (Lipinski definition) is 3. The summed E-state index contributed by atoms with van der Waals surface area (Å²) in [6.45, 7) is 1.51. The number of carbonyl (C=O) groups is 1. The van der Waals surface area contributed by atoms with Crippen LogP contribution in [0, 0.1) is 12.7 Å². The minimum atomic E-state index is -0.987. The number of halogens is 1. The molecule has 1 heterocycles. The third-order valence-electron chi connectivity index (χ3n) is 3.05. The number of aryl methyl sites for hydroxylation is 1. The fourth-order valence-corrected chi connectivity index (χ4v) is 2.06. The molecule has 5 nitrogen and oxygen atoms in total. The van der Waals surface area contributed by atoms with Gasteiger partial charge in [0.15, 0.2) is 0 Å². The second-order valence-electron chi connectivity index (χ2n) is 4.54. The number of nitrogen functional groups attached to an aromatic ring is 1. The number of aliphatic hydroxyl groups is 2. The molecule has 1 aromatic rings. The van der Waals surface area contributed by atoms with Crippen LogP contribution in [0.4, 0.5) is 10.1 Å². The van der Waals surface area contributed by atoms with Crippen molar-refractivity contribution < 1.29 is 19.4 Å². The standard InChI is InChI=1S/C12H15FN2O3/c1-6-2-7(14)3-8(11(6)13)12(18)15-4-9(16)10(17)5-15/h2-3,9-10,16-17H,4-5,14H2,1H3. The van der Waals surface area contributed by atoms with Gasteiger partial charge in [0, 0.05) is 18.8 Å². The Kier molecular flexibility index (Phi) is 3.23. The first kappa shape index (κ1) is 12.8. The molecule has 0 spiro atoms. The van der Waals surface area contributed by atoms with Crippen molar-refractivity contribution in [2.45, 2.75) is 19.1 Å². The van der Waals surface area contributed by atoms with E-state index in [-0.39, 0.29) is 18.7 Å². The first-order valence-corrected chi connectivity index (χ1v) is 5.61. The Bertz CT molecular complexity index is 482. The molecule has 1 fully saturated rings. The molecule has 1 amide bonds. The minimum Gasteiger partial charge on any atom is -0.399 e. The fraction of sp³-hybridized carbons (Fsp3) is 0.417. The van der Waals surface area contributed by atoms with E-state index in [9.17, 15) is 19.4 Å². The van der Waals surface area contributed by atoms with Gasteiger partial charge in [-0.05, 0) is 24.6 Å². The molecule has 4 N–H and O–H groups in total. The van der Waals surface area contributed by atoms with Gasteiger partial charge in [0.25, 0.3) is 5.91 Å². The van der Waals surface area contributed by atoms with E-state index >= 15 is 0 Å². The van der Waals surface area contributed by atoms with E-state index < -0.39 is 23.9 Å². The Morgan fingerprint density at radius 3 is 2.50 bits per heavy atom. The highest BCUT2D eigenvalue weighted by Gasteiger charge is 2.34. The lowest BCUT2D eigenvalue weighted by Gasteiger charge is -2.16. The number of hydrogen-bond acceptors (Lipinski definition) is 4. The van der Waals surface area contributed by atoms with Crippen LogP contribution in [0.3, 0.4) is 0 Å². The first-order chi connectivity index (χ1) is 8.40. The van der Waals surface area contributed by atoms with Gasteiger partial charge < -0.3 is 20.8 Å². The molecule has 1 saturated heterocycles. The lowest BCUT2D eigenvalue weighted by atomic mass is 10.1. The second kappa shape index (κ2) is 4.55. The number of carbonyl (C=O) groups excluding carboxylic acids is 1. The molecule has 0 radical (unpaired) electrons. The second-order valence-corrected chi connectivity index (χ2v) is 4.54. The molecule has 0 bridgehead atoms. The molecular weight excluding hydrogens is 239 g/mol. The van der Waals surface area contributed by atoms with E-state index in [0.717, 1.165) is 0 Å². The Balaban J connectivity index is 2.30. The molecule has 1 aliphatic rings. The van der Waals surface area contributed by atoms with Crippen molar-refractivity contribution in [3.63, 3.8) is 0 Å². The molecule has 0 saturated carbocycles. The number of aliphatic hydroxyl groups excluding tert-OH is 2. The van der Waals surface area contributed by atoms with E-state index in [1.54, 1.807) is 0 Å². The molecule has 0 aromatic heterocycles. The van der Waals surface area contributed by atoms with Gasteiger partial charge in [-0.2, -0.15) is 0 Å². The number of amides is 1. The van der Waals surface area contributed by atoms with Crippen LogP contribution in [0.2, 0.25) is 0 Å². The first-order valence-electron chi connectivity index (χ1n) is 5.61. The molecule has 2 rings (SSSR count). The van der Waals surface area contributed by atoms with Gasteiger partial charge in [-0.3, -0.25) is 4.79 Å². The summed E-state index contributed by atoms with van der Waals surface area (Å²) in [6.07, 6.45) is -1.97. The monoisotopic (exact) mass is 254 g/mol. The van der Waals surface area contributed by atoms with Gasteiger partial charge in [-0.15, -0.1) is 0 Å².